The number of ether oxygens (including phenoxy) is 2. The van der Waals surface area contributed by atoms with Crippen molar-refractivity contribution < 1.29 is 19.1 Å². The Morgan fingerprint density at radius 3 is 2.43 bits per heavy atom. The van der Waals surface area contributed by atoms with Crippen molar-refractivity contribution >= 4 is 23.2 Å². The molecule has 3 N–H and O–H groups in total. The van der Waals surface area contributed by atoms with Gasteiger partial charge in [-0.15, -0.1) is 0 Å². The van der Waals surface area contributed by atoms with Gasteiger partial charge in [-0.05, 0) is 58.0 Å². The van der Waals surface area contributed by atoms with E-state index in [4.69, 9.17) is 9.47 Å². The maximum atomic E-state index is 12.3. The molecular formula is C23H31N3O4. The molecule has 0 aliphatic carbocycles. The van der Waals surface area contributed by atoms with Crippen molar-refractivity contribution in [3.63, 3.8) is 0 Å². The van der Waals surface area contributed by atoms with Crippen LogP contribution in [0.3, 0.4) is 0 Å². The molecule has 2 rings (SSSR count). The summed E-state index contributed by atoms with van der Waals surface area (Å²) in [6.07, 6.45) is 0. The molecular weight excluding hydrogens is 382 g/mol. The van der Waals surface area contributed by atoms with E-state index in [1.807, 2.05) is 52.0 Å². The Kier molecular flexibility index (Phi) is 8.68. The van der Waals surface area contributed by atoms with Crippen LogP contribution < -0.4 is 20.7 Å². The van der Waals surface area contributed by atoms with Gasteiger partial charge >= 0.3 is 0 Å². The predicted molar refractivity (Wildman–Crippen MR) is 119 cm³/mol. The summed E-state index contributed by atoms with van der Waals surface area (Å²) in [7, 11) is 0. The molecule has 0 unspecified atom stereocenters. The van der Waals surface area contributed by atoms with Crippen molar-refractivity contribution in [1.82, 2.24) is 5.32 Å². The fourth-order valence-electron chi connectivity index (χ4n) is 2.60. The quantitative estimate of drug-likeness (QED) is 0.517. The third-order valence-corrected chi connectivity index (χ3v) is 3.88. The molecule has 0 bridgehead atoms. The van der Waals surface area contributed by atoms with E-state index in [2.05, 4.69) is 16.0 Å². The highest BCUT2D eigenvalue weighted by Crippen LogP contribution is 2.17. The Balaban J connectivity index is 1.86. The number of rotatable bonds is 10. The van der Waals surface area contributed by atoms with Gasteiger partial charge in [0, 0.05) is 35.2 Å². The lowest BCUT2D eigenvalue weighted by Crippen LogP contribution is -2.40. The molecule has 0 aromatic heterocycles. The van der Waals surface area contributed by atoms with E-state index < -0.39 is 0 Å². The molecule has 0 atom stereocenters. The Hall–Kier alpha value is -3.06. The van der Waals surface area contributed by atoms with E-state index in [0.29, 0.717) is 36.8 Å². The summed E-state index contributed by atoms with van der Waals surface area (Å²) < 4.78 is 10.9. The number of amides is 2. The summed E-state index contributed by atoms with van der Waals surface area (Å²) in [4.78, 5) is 24.6. The predicted octanol–water partition coefficient (Wildman–Crippen LogP) is 3.68. The van der Waals surface area contributed by atoms with E-state index in [9.17, 15) is 9.59 Å². The monoisotopic (exact) mass is 413 g/mol. The van der Waals surface area contributed by atoms with Gasteiger partial charge < -0.3 is 25.4 Å². The summed E-state index contributed by atoms with van der Waals surface area (Å²) >= 11 is 0. The standard InChI is InChI=1S/C23H31N3O4/c1-5-29-12-13-30-20-11-7-9-18(15-20)24-16-21(27)25-19-10-6-8-17(14-19)22(28)26-23(2,3)4/h6-11,14-15,24H,5,12-13,16H2,1-4H3,(H,25,27)(H,26,28). The minimum absolute atomic E-state index is 0.0841. The van der Waals surface area contributed by atoms with E-state index in [0.717, 1.165) is 5.69 Å². The van der Waals surface area contributed by atoms with Gasteiger partial charge in [0.05, 0.1) is 13.2 Å². The third-order valence-electron chi connectivity index (χ3n) is 3.88. The summed E-state index contributed by atoms with van der Waals surface area (Å²) in [5.74, 6) is 0.307. The normalized spacial score (nSPS) is 10.9. The second-order valence-corrected chi connectivity index (χ2v) is 7.76. The highest BCUT2D eigenvalue weighted by molar-refractivity contribution is 5.98. The third kappa shape index (κ3) is 8.53. The number of carbonyl (C=O) groups is 2. The van der Waals surface area contributed by atoms with Crippen molar-refractivity contribution in [2.45, 2.75) is 33.2 Å². The molecule has 7 nitrogen and oxygen atoms in total. The van der Waals surface area contributed by atoms with Crippen LogP contribution in [-0.2, 0) is 9.53 Å². The first-order valence-electron chi connectivity index (χ1n) is 10.0. The van der Waals surface area contributed by atoms with Crippen LogP contribution in [0.1, 0.15) is 38.1 Å². The number of hydrogen-bond donors (Lipinski definition) is 3. The zero-order valence-corrected chi connectivity index (χ0v) is 18.1. The molecule has 0 radical (unpaired) electrons. The molecule has 0 aliphatic rings. The van der Waals surface area contributed by atoms with Crippen LogP contribution in [0, 0.1) is 0 Å². The number of hydrogen-bond acceptors (Lipinski definition) is 5. The average Bonchev–Trinajstić information content (AvgIpc) is 2.69. The second-order valence-electron chi connectivity index (χ2n) is 7.76. The van der Waals surface area contributed by atoms with Gasteiger partial charge in [0.2, 0.25) is 5.91 Å². The van der Waals surface area contributed by atoms with Gasteiger partial charge in [-0.3, -0.25) is 9.59 Å². The van der Waals surface area contributed by atoms with Crippen LogP contribution in [0.5, 0.6) is 5.75 Å². The molecule has 30 heavy (non-hydrogen) atoms. The van der Waals surface area contributed by atoms with E-state index in [1.54, 1.807) is 24.3 Å². The topological polar surface area (TPSA) is 88.7 Å². The fraction of sp³-hybridized carbons (Fsp3) is 0.391. The van der Waals surface area contributed by atoms with Crippen molar-refractivity contribution in [3.8, 4) is 5.75 Å². The molecule has 7 heteroatoms. The lowest BCUT2D eigenvalue weighted by atomic mass is 10.1. The van der Waals surface area contributed by atoms with Crippen molar-refractivity contribution in [3.05, 3.63) is 54.1 Å². The van der Waals surface area contributed by atoms with Gasteiger partial charge in [0.25, 0.3) is 5.91 Å². The molecule has 2 amide bonds. The van der Waals surface area contributed by atoms with Crippen LogP contribution >= 0.6 is 0 Å². The Labute approximate surface area is 178 Å². The maximum absolute atomic E-state index is 12.3. The first kappa shape index (κ1) is 23.2. The smallest absolute Gasteiger partial charge is 0.251 e. The van der Waals surface area contributed by atoms with Crippen molar-refractivity contribution in [1.29, 1.82) is 0 Å². The highest BCUT2D eigenvalue weighted by Gasteiger charge is 2.15. The molecule has 0 saturated carbocycles. The maximum Gasteiger partial charge on any atom is 0.251 e. The summed E-state index contributed by atoms with van der Waals surface area (Å²) in [6.45, 7) is 9.43. The van der Waals surface area contributed by atoms with Crippen LogP contribution in [0.25, 0.3) is 0 Å². The lowest BCUT2D eigenvalue weighted by Gasteiger charge is -2.20. The van der Waals surface area contributed by atoms with Gasteiger partial charge in [-0.1, -0.05) is 12.1 Å². The van der Waals surface area contributed by atoms with Crippen LogP contribution in [-0.4, -0.2) is 43.7 Å². The molecule has 0 aliphatic heterocycles. The average molecular weight is 414 g/mol. The Bertz CT molecular complexity index is 846. The SMILES string of the molecule is CCOCCOc1cccc(NCC(=O)Nc2cccc(C(=O)NC(C)(C)C)c2)c1. The fourth-order valence-corrected chi connectivity index (χ4v) is 2.60. The first-order valence-corrected chi connectivity index (χ1v) is 10.0. The molecule has 0 spiro atoms. The van der Waals surface area contributed by atoms with Crippen LogP contribution in [0.4, 0.5) is 11.4 Å². The molecule has 2 aromatic carbocycles. The largest absolute Gasteiger partial charge is 0.491 e. The zero-order valence-electron chi connectivity index (χ0n) is 18.1. The highest BCUT2D eigenvalue weighted by atomic mass is 16.5. The number of anilines is 2. The minimum Gasteiger partial charge on any atom is -0.491 e. The van der Waals surface area contributed by atoms with Gasteiger partial charge in [-0.25, -0.2) is 0 Å². The van der Waals surface area contributed by atoms with E-state index in [1.165, 1.54) is 0 Å². The van der Waals surface area contributed by atoms with E-state index >= 15 is 0 Å². The van der Waals surface area contributed by atoms with Crippen LogP contribution in [0.2, 0.25) is 0 Å². The van der Waals surface area contributed by atoms with Crippen LogP contribution in [0.15, 0.2) is 48.5 Å². The molecule has 0 heterocycles. The van der Waals surface area contributed by atoms with Crippen molar-refractivity contribution in [2.24, 2.45) is 0 Å². The number of carbonyl (C=O) groups excluding carboxylic acids is 2. The second kappa shape index (κ2) is 11.2. The Morgan fingerprint density at radius 1 is 0.967 bits per heavy atom. The minimum atomic E-state index is -0.332. The summed E-state index contributed by atoms with van der Waals surface area (Å²) in [5, 5.41) is 8.78. The first-order chi connectivity index (χ1) is 14.3. The van der Waals surface area contributed by atoms with E-state index in [-0.39, 0.29) is 23.9 Å². The van der Waals surface area contributed by atoms with Gasteiger partial charge in [0.1, 0.15) is 12.4 Å². The lowest BCUT2D eigenvalue weighted by molar-refractivity contribution is -0.114. The Morgan fingerprint density at radius 2 is 1.70 bits per heavy atom. The molecule has 0 fully saturated rings. The summed E-state index contributed by atoms with van der Waals surface area (Å²) in [6, 6.07) is 14.3. The van der Waals surface area contributed by atoms with Gasteiger partial charge in [0.15, 0.2) is 0 Å². The summed E-state index contributed by atoms with van der Waals surface area (Å²) in [5.41, 5.74) is 1.50. The van der Waals surface area contributed by atoms with Crippen molar-refractivity contribution in [2.75, 3.05) is 37.0 Å². The zero-order chi connectivity index (χ0) is 22.0. The van der Waals surface area contributed by atoms with Gasteiger partial charge in [-0.2, -0.15) is 0 Å². The molecule has 0 saturated heterocycles. The number of nitrogens with one attached hydrogen (secondary N) is 3. The number of benzene rings is 2. The molecule has 162 valence electrons. The molecule has 2 aromatic rings.